The Kier molecular flexibility index (Phi) is 4.44. The number of imide groups is 1. The quantitative estimate of drug-likeness (QED) is 0.768. The summed E-state index contributed by atoms with van der Waals surface area (Å²) < 4.78 is 0. The molecule has 0 radical (unpaired) electrons. The number of carbonyl (C=O) groups is 4. The van der Waals surface area contributed by atoms with Crippen LogP contribution in [-0.4, -0.2) is 44.9 Å². The fraction of sp³-hybridized carbons (Fsp3) is 0.105. The van der Waals surface area contributed by atoms with Crippen LogP contribution in [-0.2, 0) is 11.2 Å². The van der Waals surface area contributed by atoms with Gasteiger partial charge in [-0.05, 0) is 35.9 Å². The molecule has 0 fully saturated rings. The molecule has 0 bridgehead atoms. The molecule has 3 rings (SSSR count). The van der Waals surface area contributed by atoms with E-state index in [-0.39, 0.29) is 23.1 Å². The van der Waals surface area contributed by atoms with Crippen molar-refractivity contribution in [3.8, 4) is 6.07 Å². The third-order valence-electron chi connectivity index (χ3n) is 4.27. The average molecular weight is 364 g/mol. The number of aliphatic carboxylic acids is 1. The van der Waals surface area contributed by atoms with Crippen molar-refractivity contribution in [1.29, 1.82) is 5.26 Å². The fourth-order valence-corrected chi connectivity index (χ4v) is 2.90. The van der Waals surface area contributed by atoms with Crippen molar-refractivity contribution < 1.29 is 29.4 Å². The second-order valence-electron chi connectivity index (χ2n) is 5.91. The van der Waals surface area contributed by atoms with Crippen LogP contribution in [0.25, 0.3) is 0 Å². The minimum absolute atomic E-state index is 0.0314. The zero-order valence-electron chi connectivity index (χ0n) is 13.7. The molecule has 0 saturated carbocycles. The normalized spacial score (nSPS) is 13.8. The van der Waals surface area contributed by atoms with Crippen LogP contribution in [0.2, 0.25) is 0 Å². The first-order valence-electron chi connectivity index (χ1n) is 7.80. The van der Waals surface area contributed by atoms with Gasteiger partial charge in [-0.2, -0.15) is 5.26 Å². The van der Waals surface area contributed by atoms with Crippen molar-refractivity contribution in [2.45, 2.75) is 12.5 Å². The van der Waals surface area contributed by atoms with Crippen LogP contribution in [0.5, 0.6) is 0 Å². The Bertz CT molecular complexity index is 1020. The number of fused-ring (bicyclic) bond motifs is 1. The molecule has 0 spiro atoms. The summed E-state index contributed by atoms with van der Waals surface area (Å²) in [7, 11) is 0. The Morgan fingerprint density at radius 3 is 2.19 bits per heavy atom. The third-order valence-corrected chi connectivity index (χ3v) is 4.27. The van der Waals surface area contributed by atoms with Gasteiger partial charge in [0.1, 0.15) is 6.04 Å². The molecule has 2 N–H and O–H groups in total. The van der Waals surface area contributed by atoms with E-state index in [2.05, 4.69) is 0 Å². The van der Waals surface area contributed by atoms with Crippen LogP contribution < -0.4 is 0 Å². The largest absolute Gasteiger partial charge is 0.480 e. The molecular weight excluding hydrogens is 352 g/mol. The molecular formula is C19H12N2O6. The van der Waals surface area contributed by atoms with Gasteiger partial charge in [-0.1, -0.05) is 12.1 Å². The van der Waals surface area contributed by atoms with Gasteiger partial charge in [-0.3, -0.25) is 14.5 Å². The van der Waals surface area contributed by atoms with Crippen LogP contribution in [0.3, 0.4) is 0 Å². The maximum atomic E-state index is 12.6. The highest BCUT2D eigenvalue weighted by Crippen LogP contribution is 2.27. The first-order chi connectivity index (χ1) is 12.8. The van der Waals surface area contributed by atoms with Crippen molar-refractivity contribution in [2.24, 2.45) is 0 Å². The van der Waals surface area contributed by atoms with Gasteiger partial charge in [0.05, 0.1) is 28.3 Å². The zero-order chi connectivity index (χ0) is 19.7. The van der Waals surface area contributed by atoms with Gasteiger partial charge in [0.15, 0.2) is 0 Å². The van der Waals surface area contributed by atoms with E-state index in [0.29, 0.717) is 16.0 Å². The zero-order valence-corrected chi connectivity index (χ0v) is 13.7. The summed E-state index contributed by atoms with van der Waals surface area (Å²) in [4.78, 5) is 48.7. The summed E-state index contributed by atoms with van der Waals surface area (Å²) in [6, 6.07) is 10.1. The second kappa shape index (κ2) is 6.72. The van der Waals surface area contributed by atoms with Crippen molar-refractivity contribution >= 4 is 23.8 Å². The maximum Gasteiger partial charge on any atom is 0.335 e. The highest BCUT2D eigenvalue weighted by Gasteiger charge is 2.43. The number of aromatic carboxylic acids is 1. The standard InChI is InChI=1S/C19H12N2O6/c20-9-11-3-1-10(2-4-11)7-15(19(26)27)21-16(22)13-6-5-12(18(24)25)8-14(13)17(21)23/h1-6,8,15H,7H2,(H,24,25)(H,26,27)/t15-/m1/s1. The first-order valence-corrected chi connectivity index (χ1v) is 7.80. The Balaban J connectivity index is 1.95. The highest BCUT2D eigenvalue weighted by atomic mass is 16.4. The molecule has 1 aliphatic rings. The van der Waals surface area contributed by atoms with Crippen molar-refractivity contribution in [3.05, 3.63) is 70.3 Å². The van der Waals surface area contributed by atoms with Gasteiger partial charge in [0, 0.05) is 6.42 Å². The highest BCUT2D eigenvalue weighted by molar-refractivity contribution is 6.23. The molecule has 1 heterocycles. The smallest absolute Gasteiger partial charge is 0.335 e. The summed E-state index contributed by atoms with van der Waals surface area (Å²) >= 11 is 0. The molecule has 2 amide bonds. The minimum Gasteiger partial charge on any atom is -0.480 e. The third kappa shape index (κ3) is 3.14. The summed E-state index contributed by atoms with van der Waals surface area (Å²) in [5.41, 5.74) is 0.592. The molecule has 0 aliphatic carbocycles. The Morgan fingerprint density at radius 2 is 1.63 bits per heavy atom. The van der Waals surface area contributed by atoms with E-state index in [1.54, 1.807) is 12.1 Å². The number of benzene rings is 2. The molecule has 134 valence electrons. The Morgan fingerprint density at radius 1 is 1.00 bits per heavy atom. The van der Waals surface area contributed by atoms with Gasteiger partial charge in [-0.25, -0.2) is 9.59 Å². The van der Waals surface area contributed by atoms with E-state index in [0.717, 1.165) is 6.07 Å². The maximum absolute atomic E-state index is 12.6. The molecule has 27 heavy (non-hydrogen) atoms. The lowest BCUT2D eigenvalue weighted by atomic mass is 10.0. The number of amides is 2. The molecule has 0 unspecified atom stereocenters. The van der Waals surface area contributed by atoms with E-state index >= 15 is 0 Å². The van der Waals surface area contributed by atoms with E-state index < -0.39 is 29.8 Å². The van der Waals surface area contributed by atoms with E-state index in [1.165, 1.54) is 24.3 Å². The van der Waals surface area contributed by atoms with Crippen molar-refractivity contribution in [1.82, 2.24) is 4.90 Å². The molecule has 0 saturated heterocycles. The average Bonchev–Trinajstić information content (AvgIpc) is 2.90. The van der Waals surface area contributed by atoms with Gasteiger partial charge < -0.3 is 10.2 Å². The van der Waals surface area contributed by atoms with Crippen molar-refractivity contribution in [2.75, 3.05) is 0 Å². The Labute approximate surface area is 152 Å². The fourth-order valence-electron chi connectivity index (χ4n) is 2.90. The predicted molar refractivity (Wildman–Crippen MR) is 90.2 cm³/mol. The molecule has 8 nitrogen and oxygen atoms in total. The van der Waals surface area contributed by atoms with Gasteiger partial charge in [0.2, 0.25) is 0 Å². The van der Waals surface area contributed by atoms with Crippen LogP contribution in [0, 0.1) is 11.3 Å². The van der Waals surface area contributed by atoms with Crippen molar-refractivity contribution in [3.63, 3.8) is 0 Å². The topological polar surface area (TPSA) is 136 Å². The van der Waals surface area contributed by atoms with E-state index in [1.807, 2.05) is 6.07 Å². The van der Waals surface area contributed by atoms with Gasteiger partial charge in [-0.15, -0.1) is 0 Å². The molecule has 2 aromatic rings. The number of nitriles is 1. The SMILES string of the molecule is N#Cc1ccc(C[C@H](C(=O)O)N2C(=O)c3ccc(C(=O)O)cc3C2=O)cc1. The lowest BCUT2D eigenvalue weighted by Gasteiger charge is -2.22. The number of nitrogens with zero attached hydrogens (tertiary/aromatic N) is 2. The summed E-state index contributed by atoms with van der Waals surface area (Å²) in [6.45, 7) is 0. The van der Waals surface area contributed by atoms with Crippen LogP contribution in [0.15, 0.2) is 42.5 Å². The number of carboxylic acid groups (broad SMARTS) is 2. The number of carbonyl (C=O) groups excluding carboxylic acids is 2. The number of carboxylic acids is 2. The van der Waals surface area contributed by atoms with Crippen LogP contribution in [0.4, 0.5) is 0 Å². The Hall–Kier alpha value is -3.99. The van der Waals surface area contributed by atoms with Crippen LogP contribution in [0.1, 0.15) is 42.2 Å². The van der Waals surface area contributed by atoms with E-state index in [4.69, 9.17) is 10.4 Å². The molecule has 0 aromatic heterocycles. The molecule has 2 aromatic carbocycles. The summed E-state index contributed by atoms with van der Waals surface area (Å²) in [5.74, 6) is -4.26. The number of rotatable bonds is 5. The second-order valence-corrected chi connectivity index (χ2v) is 5.91. The minimum atomic E-state index is -1.46. The van der Waals surface area contributed by atoms with Gasteiger partial charge >= 0.3 is 11.9 Å². The van der Waals surface area contributed by atoms with Gasteiger partial charge in [0.25, 0.3) is 11.8 Å². The van der Waals surface area contributed by atoms with E-state index in [9.17, 15) is 24.3 Å². The first kappa shape index (κ1) is 17.8. The lowest BCUT2D eigenvalue weighted by molar-refractivity contribution is -0.141. The van der Waals surface area contributed by atoms with Crippen LogP contribution >= 0.6 is 0 Å². The summed E-state index contributed by atoms with van der Waals surface area (Å²) in [5, 5.41) is 27.4. The summed E-state index contributed by atoms with van der Waals surface area (Å²) in [6.07, 6.45) is -0.141. The number of hydrogen-bond donors (Lipinski definition) is 2. The molecule has 1 atom stereocenters. The molecule has 8 heteroatoms. The lowest BCUT2D eigenvalue weighted by Crippen LogP contribution is -2.46. The predicted octanol–water partition coefficient (Wildman–Crippen LogP) is 1.55. The number of hydrogen-bond acceptors (Lipinski definition) is 5. The monoisotopic (exact) mass is 364 g/mol. The molecule has 1 aliphatic heterocycles.